The quantitative estimate of drug-likeness (QED) is 0.454. The smallest absolute Gasteiger partial charge is 0.191 e. The number of aliphatic imine (C=N–C) groups is 1. The van der Waals surface area contributed by atoms with Crippen LogP contribution in [-0.2, 0) is 6.54 Å². The molecule has 0 heterocycles. The Morgan fingerprint density at radius 1 is 1.21 bits per heavy atom. The number of ether oxygens (including phenoxy) is 1. The van der Waals surface area contributed by atoms with Crippen LogP contribution in [0.1, 0.15) is 39.2 Å². The topological polar surface area (TPSA) is 65.9 Å². The molecule has 0 aliphatic carbocycles. The van der Waals surface area contributed by atoms with Crippen LogP contribution in [0.4, 0.5) is 0 Å². The lowest BCUT2D eigenvalue weighted by Crippen LogP contribution is -2.40. The summed E-state index contributed by atoms with van der Waals surface area (Å²) in [6.45, 7) is 8.99. The maximum absolute atomic E-state index is 9.23. The van der Waals surface area contributed by atoms with Gasteiger partial charge in [-0.3, -0.25) is 0 Å². The second-order valence-corrected chi connectivity index (χ2v) is 6.43. The van der Waals surface area contributed by atoms with Crippen molar-refractivity contribution in [2.24, 2.45) is 16.8 Å². The summed E-state index contributed by atoms with van der Waals surface area (Å²) < 4.78 is 5.17. The van der Waals surface area contributed by atoms with Crippen LogP contribution in [0.3, 0.4) is 0 Å². The van der Waals surface area contributed by atoms with Crippen LogP contribution in [0.5, 0.6) is 5.75 Å². The predicted octanol–water partition coefficient (Wildman–Crippen LogP) is 2.80. The number of rotatable bonds is 10. The van der Waals surface area contributed by atoms with E-state index in [4.69, 9.17) is 4.74 Å². The second-order valence-electron chi connectivity index (χ2n) is 6.43. The van der Waals surface area contributed by atoms with E-state index in [1.165, 1.54) is 0 Å². The van der Waals surface area contributed by atoms with Crippen LogP contribution in [0.25, 0.3) is 0 Å². The lowest BCUT2D eigenvalue weighted by molar-refractivity contribution is 0.243. The van der Waals surface area contributed by atoms with Gasteiger partial charge in [0.05, 0.1) is 13.7 Å². The maximum atomic E-state index is 9.23. The minimum atomic E-state index is 0.235. The van der Waals surface area contributed by atoms with Gasteiger partial charge in [-0.15, -0.1) is 0 Å². The van der Waals surface area contributed by atoms with Crippen molar-refractivity contribution >= 4 is 5.96 Å². The molecule has 0 saturated heterocycles. The zero-order valence-corrected chi connectivity index (χ0v) is 15.5. The molecule has 1 aromatic rings. The van der Waals surface area contributed by atoms with Crippen molar-refractivity contribution in [1.82, 2.24) is 10.6 Å². The lowest BCUT2D eigenvalue weighted by atomic mass is 9.94. The highest BCUT2D eigenvalue weighted by molar-refractivity contribution is 5.79. The van der Waals surface area contributed by atoms with Gasteiger partial charge in [0.2, 0.25) is 0 Å². The molecule has 0 spiro atoms. The highest BCUT2D eigenvalue weighted by atomic mass is 16.5. The molecule has 5 heteroatoms. The molecular weight excluding hydrogens is 302 g/mol. The van der Waals surface area contributed by atoms with E-state index < -0.39 is 0 Å². The fourth-order valence-electron chi connectivity index (χ4n) is 2.64. The molecule has 1 atom stereocenters. The van der Waals surface area contributed by atoms with Crippen LogP contribution in [0.2, 0.25) is 0 Å². The number of aliphatic hydroxyl groups excluding tert-OH is 1. The van der Waals surface area contributed by atoms with E-state index in [1.807, 2.05) is 24.3 Å². The van der Waals surface area contributed by atoms with Crippen molar-refractivity contribution in [1.29, 1.82) is 0 Å². The first-order chi connectivity index (χ1) is 11.6. The Morgan fingerprint density at radius 2 is 1.92 bits per heavy atom. The average molecular weight is 335 g/mol. The molecule has 5 nitrogen and oxygen atoms in total. The molecule has 0 radical (unpaired) electrons. The van der Waals surface area contributed by atoms with Gasteiger partial charge in [-0.05, 0) is 49.3 Å². The fourth-order valence-corrected chi connectivity index (χ4v) is 2.64. The van der Waals surface area contributed by atoms with E-state index in [9.17, 15) is 5.11 Å². The minimum Gasteiger partial charge on any atom is -0.497 e. The first-order valence-corrected chi connectivity index (χ1v) is 8.85. The number of nitrogens with one attached hydrogen (secondary N) is 2. The Kier molecular flexibility index (Phi) is 9.92. The van der Waals surface area contributed by atoms with Crippen molar-refractivity contribution in [3.8, 4) is 5.75 Å². The second kappa shape index (κ2) is 11.7. The fraction of sp³-hybridized carbons (Fsp3) is 0.632. The highest BCUT2D eigenvalue weighted by Gasteiger charge is 2.11. The van der Waals surface area contributed by atoms with Crippen molar-refractivity contribution in [3.05, 3.63) is 29.8 Å². The highest BCUT2D eigenvalue weighted by Crippen LogP contribution is 2.14. The van der Waals surface area contributed by atoms with Gasteiger partial charge in [-0.2, -0.15) is 0 Å². The number of hydrogen-bond acceptors (Lipinski definition) is 3. The monoisotopic (exact) mass is 335 g/mol. The SMILES string of the molecule is CCNC(=NCc1ccc(OC)cc1)NCC(CCO)CC(C)C. The molecule has 0 aliphatic rings. The van der Waals surface area contributed by atoms with Gasteiger partial charge in [0.15, 0.2) is 5.96 Å². The third kappa shape index (κ3) is 8.20. The zero-order valence-electron chi connectivity index (χ0n) is 15.5. The Bertz CT molecular complexity index is 472. The molecule has 1 rings (SSSR count). The number of guanidine groups is 1. The summed E-state index contributed by atoms with van der Waals surface area (Å²) in [7, 11) is 1.67. The molecule has 0 amide bonds. The summed E-state index contributed by atoms with van der Waals surface area (Å²) in [4.78, 5) is 4.64. The van der Waals surface area contributed by atoms with Crippen LogP contribution in [0, 0.1) is 11.8 Å². The molecule has 0 aliphatic heterocycles. The van der Waals surface area contributed by atoms with Crippen LogP contribution >= 0.6 is 0 Å². The zero-order chi connectivity index (χ0) is 17.8. The summed E-state index contributed by atoms with van der Waals surface area (Å²) in [6.07, 6.45) is 1.93. The van der Waals surface area contributed by atoms with Crippen LogP contribution in [-0.4, -0.2) is 37.9 Å². The summed E-state index contributed by atoms with van der Waals surface area (Å²) in [5.41, 5.74) is 1.14. The van der Waals surface area contributed by atoms with E-state index >= 15 is 0 Å². The molecule has 1 unspecified atom stereocenters. The number of benzene rings is 1. The van der Waals surface area contributed by atoms with E-state index in [0.29, 0.717) is 18.4 Å². The van der Waals surface area contributed by atoms with E-state index in [0.717, 1.165) is 43.2 Å². The number of aliphatic hydroxyl groups is 1. The van der Waals surface area contributed by atoms with E-state index in [1.54, 1.807) is 7.11 Å². The van der Waals surface area contributed by atoms with Crippen LogP contribution in [0.15, 0.2) is 29.3 Å². The Labute approximate surface area is 146 Å². The average Bonchev–Trinajstić information content (AvgIpc) is 2.57. The summed E-state index contributed by atoms with van der Waals surface area (Å²) in [5, 5.41) is 15.9. The molecule has 1 aromatic carbocycles. The third-order valence-corrected chi connectivity index (χ3v) is 3.82. The Morgan fingerprint density at radius 3 is 2.46 bits per heavy atom. The molecule has 0 bridgehead atoms. The van der Waals surface area contributed by atoms with Gasteiger partial charge < -0.3 is 20.5 Å². The lowest BCUT2D eigenvalue weighted by Gasteiger charge is -2.20. The van der Waals surface area contributed by atoms with E-state index in [2.05, 4.69) is 36.4 Å². The third-order valence-electron chi connectivity index (χ3n) is 3.82. The normalized spacial score (nSPS) is 13.0. The maximum Gasteiger partial charge on any atom is 0.191 e. The number of hydrogen-bond donors (Lipinski definition) is 3. The molecule has 3 N–H and O–H groups in total. The van der Waals surface area contributed by atoms with Crippen molar-refractivity contribution in [2.75, 3.05) is 26.8 Å². The summed E-state index contributed by atoms with van der Waals surface area (Å²) in [5.74, 6) is 2.76. The van der Waals surface area contributed by atoms with Gasteiger partial charge >= 0.3 is 0 Å². The molecule has 0 aromatic heterocycles. The Balaban J connectivity index is 2.59. The largest absolute Gasteiger partial charge is 0.497 e. The predicted molar refractivity (Wildman–Crippen MR) is 100 cm³/mol. The molecular formula is C19H33N3O2. The first-order valence-electron chi connectivity index (χ1n) is 8.85. The number of methoxy groups -OCH3 is 1. The molecule has 136 valence electrons. The Hall–Kier alpha value is -1.75. The van der Waals surface area contributed by atoms with Crippen molar-refractivity contribution < 1.29 is 9.84 Å². The standard InChI is InChI=1S/C19H33N3O2/c1-5-20-19(22-14-17(10-11-23)12-15(2)3)21-13-16-6-8-18(24-4)9-7-16/h6-9,15,17,23H,5,10-14H2,1-4H3,(H2,20,21,22). The number of nitrogens with zero attached hydrogens (tertiary/aromatic N) is 1. The van der Waals surface area contributed by atoms with E-state index in [-0.39, 0.29) is 6.61 Å². The van der Waals surface area contributed by atoms with Gasteiger partial charge in [0.25, 0.3) is 0 Å². The minimum absolute atomic E-state index is 0.235. The van der Waals surface area contributed by atoms with Crippen LogP contribution < -0.4 is 15.4 Å². The van der Waals surface area contributed by atoms with Gasteiger partial charge in [0, 0.05) is 19.7 Å². The summed E-state index contributed by atoms with van der Waals surface area (Å²) in [6, 6.07) is 7.95. The first kappa shape index (κ1) is 20.3. The van der Waals surface area contributed by atoms with Gasteiger partial charge in [0.1, 0.15) is 5.75 Å². The van der Waals surface area contributed by atoms with Gasteiger partial charge in [-0.25, -0.2) is 4.99 Å². The molecule has 24 heavy (non-hydrogen) atoms. The van der Waals surface area contributed by atoms with Gasteiger partial charge in [-0.1, -0.05) is 26.0 Å². The van der Waals surface area contributed by atoms with Crippen molar-refractivity contribution in [3.63, 3.8) is 0 Å². The molecule has 0 saturated carbocycles. The molecule has 0 fully saturated rings. The van der Waals surface area contributed by atoms with Crippen molar-refractivity contribution in [2.45, 2.75) is 40.2 Å². The summed E-state index contributed by atoms with van der Waals surface area (Å²) >= 11 is 0.